The Morgan fingerprint density at radius 1 is 0.655 bits per heavy atom. The summed E-state index contributed by atoms with van der Waals surface area (Å²) in [6.07, 6.45) is 1.22. The molecule has 0 aliphatic carbocycles. The van der Waals surface area contributed by atoms with Gasteiger partial charge in [-0.05, 0) is 92.7 Å². The van der Waals surface area contributed by atoms with Crippen LogP contribution in [0.15, 0.2) is 60.7 Å². The fourth-order valence-electron chi connectivity index (χ4n) is 3.91. The van der Waals surface area contributed by atoms with E-state index in [-0.39, 0.29) is 7.92 Å². The third-order valence-corrected chi connectivity index (χ3v) is 10.4. The maximum Gasteiger partial charge on any atom is 0.0192 e. The summed E-state index contributed by atoms with van der Waals surface area (Å²) in [4.78, 5) is 0. The SMILES string of the molecule is Cc1c(C)c(C)c(CSC(C)CP(c2ccccc2)c2ccccc2)c(C)c1C. The van der Waals surface area contributed by atoms with Gasteiger partial charge in [0.25, 0.3) is 0 Å². The Labute approximate surface area is 182 Å². The highest BCUT2D eigenvalue weighted by atomic mass is 32.2. The average molecular weight is 421 g/mol. The zero-order valence-electron chi connectivity index (χ0n) is 18.6. The van der Waals surface area contributed by atoms with E-state index in [4.69, 9.17) is 0 Å². The largest absolute Gasteiger partial charge is 0.154 e. The second-order valence-corrected chi connectivity index (χ2v) is 11.7. The predicted octanol–water partition coefficient (Wildman–Crippen LogP) is 6.98. The molecule has 29 heavy (non-hydrogen) atoms. The van der Waals surface area contributed by atoms with Gasteiger partial charge in [0.05, 0.1) is 0 Å². The monoisotopic (exact) mass is 420 g/mol. The topological polar surface area (TPSA) is 0 Å². The summed E-state index contributed by atoms with van der Waals surface area (Å²) in [5, 5.41) is 3.58. The summed E-state index contributed by atoms with van der Waals surface area (Å²) >= 11 is 2.11. The van der Waals surface area contributed by atoms with E-state index in [1.54, 1.807) is 5.56 Å². The van der Waals surface area contributed by atoms with Crippen LogP contribution in [0.4, 0.5) is 0 Å². The summed E-state index contributed by atoms with van der Waals surface area (Å²) < 4.78 is 0. The first-order valence-corrected chi connectivity index (χ1v) is 13.0. The molecule has 2 heteroatoms. The van der Waals surface area contributed by atoms with E-state index in [1.807, 2.05) is 0 Å². The maximum atomic E-state index is 2.41. The van der Waals surface area contributed by atoms with Gasteiger partial charge in [-0.2, -0.15) is 11.8 Å². The Hall–Kier alpha value is -1.56. The van der Waals surface area contributed by atoms with E-state index in [0.29, 0.717) is 5.25 Å². The van der Waals surface area contributed by atoms with E-state index in [0.717, 1.165) is 5.75 Å². The lowest BCUT2D eigenvalue weighted by molar-refractivity contribution is 1.09. The lowest BCUT2D eigenvalue weighted by atomic mass is 9.90. The molecule has 0 amide bonds. The van der Waals surface area contributed by atoms with Crippen LogP contribution in [0, 0.1) is 34.6 Å². The first-order chi connectivity index (χ1) is 13.9. The van der Waals surface area contributed by atoms with Gasteiger partial charge >= 0.3 is 0 Å². The standard InChI is InChI=1S/C27H33PS/c1-19(29-18-27-23(5)21(3)20(2)22(4)24(27)6)17-28(25-13-9-7-10-14-25)26-15-11-8-12-16-26/h7-16,19H,17-18H2,1-6H3. The van der Waals surface area contributed by atoms with Crippen LogP contribution in [0.1, 0.15) is 40.3 Å². The summed E-state index contributed by atoms with van der Waals surface area (Å²) in [7, 11) is -0.324. The number of benzene rings is 3. The third-order valence-electron chi connectivity index (χ3n) is 6.24. The summed E-state index contributed by atoms with van der Waals surface area (Å²) in [6, 6.07) is 22.2. The van der Waals surface area contributed by atoms with Crippen LogP contribution in [-0.2, 0) is 5.75 Å². The molecule has 0 fully saturated rings. The molecule has 3 aromatic carbocycles. The van der Waals surface area contributed by atoms with Crippen LogP contribution >= 0.6 is 19.7 Å². The van der Waals surface area contributed by atoms with Gasteiger partial charge in [-0.3, -0.25) is 0 Å². The van der Waals surface area contributed by atoms with Crippen molar-refractivity contribution in [1.29, 1.82) is 0 Å². The first kappa shape index (κ1) is 22.1. The molecule has 0 aromatic heterocycles. The Kier molecular flexibility index (Phi) is 7.60. The Morgan fingerprint density at radius 3 is 1.52 bits per heavy atom. The van der Waals surface area contributed by atoms with Crippen LogP contribution in [-0.4, -0.2) is 11.4 Å². The fourth-order valence-corrected chi connectivity index (χ4v) is 7.96. The predicted molar refractivity (Wildman–Crippen MR) is 135 cm³/mol. The molecule has 0 spiro atoms. The third kappa shape index (κ3) is 5.14. The van der Waals surface area contributed by atoms with Crippen molar-refractivity contribution in [3.8, 4) is 0 Å². The highest BCUT2D eigenvalue weighted by molar-refractivity contribution is 7.99. The van der Waals surface area contributed by atoms with Crippen molar-refractivity contribution in [3.63, 3.8) is 0 Å². The maximum absolute atomic E-state index is 2.41. The van der Waals surface area contributed by atoms with Crippen molar-refractivity contribution >= 4 is 30.3 Å². The Morgan fingerprint density at radius 2 is 1.07 bits per heavy atom. The molecule has 0 N–H and O–H groups in total. The summed E-state index contributed by atoms with van der Waals surface area (Å²) in [5.74, 6) is 1.10. The van der Waals surface area contributed by atoms with Crippen molar-refractivity contribution in [2.24, 2.45) is 0 Å². The number of rotatable bonds is 7. The van der Waals surface area contributed by atoms with Gasteiger partial charge in [-0.15, -0.1) is 0 Å². The molecular formula is C27H33PS. The van der Waals surface area contributed by atoms with E-state index in [2.05, 4.69) is 114 Å². The average Bonchev–Trinajstić information content (AvgIpc) is 2.76. The van der Waals surface area contributed by atoms with Gasteiger partial charge < -0.3 is 0 Å². The van der Waals surface area contributed by atoms with Crippen molar-refractivity contribution < 1.29 is 0 Å². The first-order valence-electron chi connectivity index (χ1n) is 10.4. The molecule has 0 nitrogen and oxygen atoms in total. The molecule has 3 rings (SSSR count). The molecule has 1 atom stereocenters. The summed E-state index contributed by atoms with van der Waals surface area (Å²) in [6.45, 7) is 13.8. The van der Waals surface area contributed by atoms with E-state index in [9.17, 15) is 0 Å². The quantitative estimate of drug-likeness (QED) is 0.371. The molecule has 3 aromatic rings. The van der Waals surface area contributed by atoms with Gasteiger partial charge in [0.1, 0.15) is 0 Å². The van der Waals surface area contributed by atoms with E-state index >= 15 is 0 Å². The molecule has 0 saturated carbocycles. The zero-order valence-corrected chi connectivity index (χ0v) is 20.3. The van der Waals surface area contributed by atoms with Crippen molar-refractivity contribution in [3.05, 3.63) is 94.0 Å². The van der Waals surface area contributed by atoms with Gasteiger partial charge in [-0.25, -0.2) is 0 Å². The van der Waals surface area contributed by atoms with Crippen LogP contribution < -0.4 is 10.6 Å². The van der Waals surface area contributed by atoms with Crippen molar-refractivity contribution in [2.75, 3.05) is 6.16 Å². The van der Waals surface area contributed by atoms with E-state index < -0.39 is 0 Å². The zero-order chi connectivity index (χ0) is 21.0. The number of hydrogen-bond donors (Lipinski definition) is 0. The number of thioether (sulfide) groups is 1. The molecule has 0 saturated heterocycles. The van der Waals surface area contributed by atoms with Crippen molar-refractivity contribution in [2.45, 2.75) is 52.5 Å². The van der Waals surface area contributed by atoms with Crippen LogP contribution in [0.2, 0.25) is 0 Å². The molecule has 0 aliphatic rings. The molecule has 152 valence electrons. The molecular weight excluding hydrogens is 387 g/mol. The Bertz CT molecular complexity index is 879. The smallest absolute Gasteiger partial charge is 0.0192 e. The van der Waals surface area contributed by atoms with E-state index in [1.165, 1.54) is 44.6 Å². The molecule has 0 heterocycles. The highest BCUT2D eigenvalue weighted by Gasteiger charge is 2.19. The van der Waals surface area contributed by atoms with Crippen LogP contribution in [0.3, 0.4) is 0 Å². The summed E-state index contributed by atoms with van der Waals surface area (Å²) in [5.41, 5.74) is 8.90. The minimum Gasteiger partial charge on any atom is -0.154 e. The molecule has 0 aliphatic heterocycles. The van der Waals surface area contributed by atoms with Crippen molar-refractivity contribution in [1.82, 2.24) is 0 Å². The lowest BCUT2D eigenvalue weighted by Crippen LogP contribution is -2.18. The second-order valence-electron chi connectivity index (χ2n) is 8.01. The van der Waals surface area contributed by atoms with Crippen LogP contribution in [0.5, 0.6) is 0 Å². The van der Waals surface area contributed by atoms with Gasteiger partial charge in [0, 0.05) is 11.0 Å². The lowest BCUT2D eigenvalue weighted by Gasteiger charge is -2.24. The second kappa shape index (κ2) is 9.96. The normalized spacial score (nSPS) is 12.4. The van der Waals surface area contributed by atoms with Crippen LogP contribution in [0.25, 0.3) is 0 Å². The van der Waals surface area contributed by atoms with Gasteiger partial charge in [0.2, 0.25) is 0 Å². The Balaban J connectivity index is 1.78. The molecule has 0 radical (unpaired) electrons. The molecule has 0 bridgehead atoms. The molecule has 1 unspecified atom stereocenters. The minimum absolute atomic E-state index is 0.324. The number of hydrogen-bond acceptors (Lipinski definition) is 1. The van der Waals surface area contributed by atoms with Gasteiger partial charge in [-0.1, -0.05) is 67.6 Å². The minimum atomic E-state index is -0.324. The van der Waals surface area contributed by atoms with Gasteiger partial charge in [0.15, 0.2) is 0 Å². The highest BCUT2D eigenvalue weighted by Crippen LogP contribution is 2.38. The fraction of sp³-hybridized carbons (Fsp3) is 0.333.